The van der Waals surface area contributed by atoms with Gasteiger partial charge in [-0.25, -0.2) is 13.2 Å². The molecule has 0 aromatic heterocycles. The van der Waals surface area contributed by atoms with Crippen LogP contribution >= 0.6 is 15.9 Å². The van der Waals surface area contributed by atoms with Crippen molar-refractivity contribution in [3.05, 3.63) is 34.3 Å². The van der Waals surface area contributed by atoms with Gasteiger partial charge < -0.3 is 10.4 Å². The number of aliphatic carboxylic acids is 1. The van der Waals surface area contributed by atoms with Crippen molar-refractivity contribution in [1.29, 1.82) is 0 Å². The van der Waals surface area contributed by atoms with Gasteiger partial charge in [-0.15, -0.1) is 0 Å². The van der Waals surface area contributed by atoms with E-state index >= 15 is 0 Å². The SMILES string of the molecule is CC(C)[C@@H](NC(=O)CS(=O)(=O)Cc1cccc(Br)c1)C(=O)O. The Labute approximate surface area is 138 Å². The van der Waals surface area contributed by atoms with Gasteiger partial charge in [-0.1, -0.05) is 41.9 Å². The van der Waals surface area contributed by atoms with Crippen molar-refractivity contribution < 1.29 is 23.1 Å². The van der Waals surface area contributed by atoms with Gasteiger partial charge in [-0.2, -0.15) is 0 Å². The number of carboxylic acids is 1. The van der Waals surface area contributed by atoms with Crippen molar-refractivity contribution in [3.8, 4) is 0 Å². The molecule has 0 spiro atoms. The highest BCUT2D eigenvalue weighted by atomic mass is 79.9. The number of hydrogen-bond donors (Lipinski definition) is 2. The van der Waals surface area contributed by atoms with Gasteiger partial charge in [0.25, 0.3) is 0 Å². The minimum Gasteiger partial charge on any atom is -0.480 e. The Bertz CT molecular complexity index is 657. The standard InChI is InChI=1S/C14H18BrNO5S/c1-9(2)13(14(18)19)16-12(17)8-22(20,21)7-10-4-3-5-11(15)6-10/h3-6,9,13H,7-8H2,1-2H3,(H,16,17)(H,18,19)/t13-/m1/s1. The largest absolute Gasteiger partial charge is 0.480 e. The van der Waals surface area contributed by atoms with Gasteiger partial charge in [0.05, 0.1) is 5.75 Å². The molecule has 0 aliphatic heterocycles. The van der Waals surface area contributed by atoms with Gasteiger partial charge in [-0.05, 0) is 23.6 Å². The zero-order valence-electron chi connectivity index (χ0n) is 12.2. The van der Waals surface area contributed by atoms with Crippen molar-refractivity contribution in [1.82, 2.24) is 5.32 Å². The Morgan fingerprint density at radius 2 is 1.95 bits per heavy atom. The lowest BCUT2D eigenvalue weighted by molar-refractivity contribution is -0.142. The Hall–Kier alpha value is -1.41. The lowest BCUT2D eigenvalue weighted by Crippen LogP contribution is -2.46. The van der Waals surface area contributed by atoms with E-state index in [-0.39, 0.29) is 11.7 Å². The Balaban J connectivity index is 2.71. The normalized spacial score (nSPS) is 12.9. The number of hydrogen-bond acceptors (Lipinski definition) is 4. The van der Waals surface area contributed by atoms with E-state index in [4.69, 9.17) is 5.11 Å². The Kier molecular flexibility index (Phi) is 6.55. The monoisotopic (exact) mass is 391 g/mol. The molecule has 0 radical (unpaired) electrons. The van der Waals surface area contributed by atoms with E-state index in [9.17, 15) is 18.0 Å². The summed E-state index contributed by atoms with van der Waals surface area (Å²) in [6, 6.07) is 5.67. The molecule has 0 saturated carbocycles. The van der Waals surface area contributed by atoms with E-state index in [1.54, 1.807) is 38.1 Å². The molecule has 122 valence electrons. The summed E-state index contributed by atoms with van der Waals surface area (Å²) in [4.78, 5) is 22.8. The number of halogens is 1. The molecule has 1 atom stereocenters. The number of carbonyl (C=O) groups is 2. The van der Waals surface area contributed by atoms with Crippen molar-refractivity contribution in [2.75, 3.05) is 5.75 Å². The average Bonchev–Trinajstić information content (AvgIpc) is 2.33. The highest BCUT2D eigenvalue weighted by Gasteiger charge is 2.26. The van der Waals surface area contributed by atoms with E-state index in [2.05, 4.69) is 21.2 Å². The van der Waals surface area contributed by atoms with E-state index in [1.165, 1.54) is 0 Å². The minimum absolute atomic E-state index is 0.278. The molecule has 1 amide bonds. The molecule has 1 aromatic rings. The van der Waals surface area contributed by atoms with Crippen LogP contribution in [0.1, 0.15) is 19.4 Å². The van der Waals surface area contributed by atoms with Crippen LogP contribution in [0.5, 0.6) is 0 Å². The van der Waals surface area contributed by atoms with Gasteiger partial charge in [0.2, 0.25) is 5.91 Å². The first-order valence-corrected chi connectivity index (χ1v) is 9.19. The summed E-state index contributed by atoms with van der Waals surface area (Å²) in [5.41, 5.74) is 0.556. The maximum atomic E-state index is 12.0. The first-order valence-electron chi connectivity index (χ1n) is 6.58. The number of amides is 1. The van der Waals surface area contributed by atoms with Gasteiger partial charge >= 0.3 is 5.97 Å². The maximum Gasteiger partial charge on any atom is 0.326 e. The number of rotatable bonds is 7. The third-order valence-electron chi connectivity index (χ3n) is 2.88. The molecule has 1 rings (SSSR count). The molecule has 0 aliphatic carbocycles. The summed E-state index contributed by atoms with van der Waals surface area (Å²) in [6.07, 6.45) is 0. The molecular formula is C14H18BrNO5S. The lowest BCUT2D eigenvalue weighted by atomic mass is 10.1. The summed E-state index contributed by atoms with van der Waals surface area (Å²) < 4.78 is 24.8. The second-order valence-corrected chi connectivity index (χ2v) is 8.27. The minimum atomic E-state index is -3.67. The number of nitrogens with one attached hydrogen (secondary N) is 1. The van der Waals surface area contributed by atoms with Gasteiger partial charge in [0, 0.05) is 4.47 Å². The molecule has 22 heavy (non-hydrogen) atoms. The van der Waals surface area contributed by atoms with E-state index in [1.807, 2.05) is 0 Å². The van der Waals surface area contributed by atoms with Crippen molar-refractivity contribution in [2.45, 2.75) is 25.6 Å². The van der Waals surface area contributed by atoms with Crippen LogP contribution < -0.4 is 5.32 Å². The second kappa shape index (κ2) is 7.73. The molecule has 6 nitrogen and oxygen atoms in total. The summed E-state index contributed by atoms with van der Waals surface area (Å²) in [7, 11) is -3.67. The van der Waals surface area contributed by atoms with Crippen LogP contribution in [0.15, 0.2) is 28.7 Å². The fourth-order valence-corrected chi connectivity index (χ4v) is 3.58. The Morgan fingerprint density at radius 3 is 2.45 bits per heavy atom. The molecule has 0 fully saturated rings. The first kappa shape index (κ1) is 18.6. The first-order chi connectivity index (χ1) is 10.1. The molecule has 0 saturated heterocycles. The summed E-state index contributed by atoms with van der Waals surface area (Å²) in [5, 5.41) is 11.2. The van der Waals surface area contributed by atoms with Crippen LogP contribution in [0.2, 0.25) is 0 Å². The summed E-state index contributed by atoms with van der Waals surface area (Å²) in [6.45, 7) is 3.27. The second-order valence-electron chi connectivity index (χ2n) is 5.29. The topological polar surface area (TPSA) is 101 Å². The van der Waals surface area contributed by atoms with Crippen LogP contribution in [0.3, 0.4) is 0 Å². The predicted molar refractivity (Wildman–Crippen MR) is 86.0 cm³/mol. The van der Waals surface area contributed by atoms with E-state index in [0.717, 1.165) is 4.47 Å². The zero-order valence-corrected chi connectivity index (χ0v) is 14.6. The average molecular weight is 392 g/mol. The molecule has 0 aliphatic rings. The zero-order chi connectivity index (χ0) is 16.9. The van der Waals surface area contributed by atoms with Crippen LogP contribution in [0.4, 0.5) is 0 Å². The fourth-order valence-electron chi connectivity index (χ4n) is 1.86. The highest BCUT2D eigenvalue weighted by molar-refractivity contribution is 9.10. The molecule has 1 aromatic carbocycles. The molecular weight excluding hydrogens is 374 g/mol. The van der Waals surface area contributed by atoms with Gasteiger partial charge in [-0.3, -0.25) is 4.79 Å². The van der Waals surface area contributed by atoms with Crippen molar-refractivity contribution in [3.63, 3.8) is 0 Å². The van der Waals surface area contributed by atoms with Crippen molar-refractivity contribution >= 4 is 37.6 Å². The fraction of sp³-hybridized carbons (Fsp3) is 0.429. The predicted octanol–water partition coefficient (Wildman–Crippen LogP) is 1.59. The molecule has 0 unspecified atom stereocenters. The molecule has 0 bridgehead atoms. The van der Waals surface area contributed by atoms with Crippen LogP contribution in [0.25, 0.3) is 0 Å². The highest BCUT2D eigenvalue weighted by Crippen LogP contribution is 2.14. The Morgan fingerprint density at radius 1 is 1.32 bits per heavy atom. The summed E-state index contributed by atoms with van der Waals surface area (Å²) >= 11 is 3.25. The van der Waals surface area contributed by atoms with E-state index in [0.29, 0.717) is 5.56 Å². The van der Waals surface area contributed by atoms with Crippen LogP contribution in [-0.4, -0.2) is 37.2 Å². The van der Waals surface area contributed by atoms with Crippen molar-refractivity contribution in [2.24, 2.45) is 5.92 Å². The number of carbonyl (C=O) groups excluding carboxylic acids is 1. The molecule has 2 N–H and O–H groups in total. The van der Waals surface area contributed by atoms with Crippen LogP contribution in [0, 0.1) is 5.92 Å². The maximum absolute atomic E-state index is 12.0. The third kappa shape index (κ3) is 6.15. The third-order valence-corrected chi connectivity index (χ3v) is 4.84. The number of carboxylic acid groups (broad SMARTS) is 1. The van der Waals surface area contributed by atoms with Crippen LogP contribution in [-0.2, 0) is 25.2 Å². The number of sulfone groups is 1. The lowest BCUT2D eigenvalue weighted by Gasteiger charge is -2.17. The number of benzene rings is 1. The van der Waals surface area contributed by atoms with Gasteiger partial charge in [0.1, 0.15) is 11.8 Å². The van der Waals surface area contributed by atoms with Gasteiger partial charge in [0.15, 0.2) is 9.84 Å². The molecule has 8 heteroatoms. The van der Waals surface area contributed by atoms with E-state index < -0.39 is 33.5 Å². The summed E-state index contributed by atoms with van der Waals surface area (Å²) in [5.74, 6) is -3.35. The molecule has 0 heterocycles. The smallest absolute Gasteiger partial charge is 0.326 e. The quantitative estimate of drug-likeness (QED) is 0.734.